The number of carbonyl (C=O) groups is 1. The molecule has 29 heavy (non-hydrogen) atoms. The molecule has 1 saturated heterocycles. The lowest BCUT2D eigenvalue weighted by atomic mass is 9.88. The van der Waals surface area contributed by atoms with E-state index in [2.05, 4.69) is 15.6 Å². The van der Waals surface area contributed by atoms with Crippen molar-refractivity contribution in [2.75, 3.05) is 26.4 Å². The van der Waals surface area contributed by atoms with Gasteiger partial charge in [-0.15, -0.1) is 0 Å². The zero-order valence-electron chi connectivity index (χ0n) is 17.4. The maximum absolute atomic E-state index is 12.7. The van der Waals surface area contributed by atoms with Crippen LogP contribution in [-0.4, -0.2) is 57.6 Å². The molecule has 0 bridgehead atoms. The van der Waals surface area contributed by atoms with E-state index < -0.39 is 9.84 Å². The van der Waals surface area contributed by atoms with Crippen molar-refractivity contribution >= 4 is 21.7 Å². The van der Waals surface area contributed by atoms with Gasteiger partial charge in [0.05, 0.1) is 4.90 Å². The predicted molar refractivity (Wildman–Crippen MR) is 114 cm³/mol. The summed E-state index contributed by atoms with van der Waals surface area (Å²) < 4.78 is 23.1. The summed E-state index contributed by atoms with van der Waals surface area (Å²) in [5.74, 6) is 1.23. The number of guanidine groups is 1. The van der Waals surface area contributed by atoms with Gasteiger partial charge in [-0.25, -0.2) is 8.42 Å². The van der Waals surface area contributed by atoms with E-state index in [1.165, 1.54) is 25.5 Å². The van der Waals surface area contributed by atoms with Gasteiger partial charge in [0.2, 0.25) is 5.91 Å². The molecule has 1 heterocycles. The molecule has 1 aliphatic carbocycles. The SMILES string of the molecule is CN=C(NCc1ccc(S(C)(=O)=O)cc1)NC1CCN(C(=O)C2CCCCC2)C1. The fraction of sp³-hybridized carbons (Fsp3) is 0.619. The fourth-order valence-corrected chi connectivity index (χ4v) is 4.74. The molecule has 1 aliphatic heterocycles. The Kier molecular flexibility index (Phi) is 7.16. The molecule has 0 aromatic heterocycles. The molecule has 1 aromatic carbocycles. The first-order valence-electron chi connectivity index (χ1n) is 10.4. The molecule has 7 nitrogen and oxygen atoms in total. The van der Waals surface area contributed by atoms with Crippen molar-refractivity contribution < 1.29 is 13.2 Å². The number of nitrogens with zero attached hydrogens (tertiary/aromatic N) is 2. The average molecular weight is 421 g/mol. The second-order valence-electron chi connectivity index (χ2n) is 8.09. The Hall–Kier alpha value is -2.09. The maximum Gasteiger partial charge on any atom is 0.225 e. The first-order chi connectivity index (χ1) is 13.9. The molecule has 2 N–H and O–H groups in total. The molecule has 1 unspecified atom stereocenters. The van der Waals surface area contributed by atoms with Crippen molar-refractivity contribution in [1.82, 2.24) is 15.5 Å². The molecule has 1 amide bonds. The highest BCUT2D eigenvalue weighted by molar-refractivity contribution is 7.90. The van der Waals surface area contributed by atoms with Crippen LogP contribution in [0.4, 0.5) is 0 Å². The Bertz CT molecular complexity index is 830. The number of rotatable bonds is 5. The monoisotopic (exact) mass is 420 g/mol. The van der Waals surface area contributed by atoms with Crippen molar-refractivity contribution in [2.24, 2.45) is 10.9 Å². The van der Waals surface area contributed by atoms with Crippen LogP contribution in [0.15, 0.2) is 34.2 Å². The van der Waals surface area contributed by atoms with Gasteiger partial charge in [-0.1, -0.05) is 31.4 Å². The lowest BCUT2D eigenvalue weighted by molar-refractivity contribution is -0.135. The summed E-state index contributed by atoms with van der Waals surface area (Å²) in [6.45, 7) is 2.07. The number of likely N-dealkylation sites (tertiary alicyclic amines) is 1. The van der Waals surface area contributed by atoms with Crippen molar-refractivity contribution in [3.63, 3.8) is 0 Å². The zero-order valence-corrected chi connectivity index (χ0v) is 18.2. The van der Waals surface area contributed by atoms with Gasteiger partial charge >= 0.3 is 0 Å². The van der Waals surface area contributed by atoms with Crippen molar-refractivity contribution in [2.45, 2.75) is 56.0 Å². The molecule has 0 radical (unpaired) electrons. The van der Waals surface area contributed by atoms with E-state index in [9.17, 15) is 13.2 Å². The molecular formula is C21H32N4O3S. The third-order valence-electron chi connectivity index (χ3n) is 5.83. The summed E-state index contributed by atoms with van der Waals surface area (Å²) >= 11 is 0. The summed E-state index contributed by atoms with van der Waals surface area (Å²) in [6.07, 6.45) is 7.80. The third-order valence-corrected chi connectivity index (χ3v) is 6.96. The molecule has 2 fully saturated rings. The van der Waals surface area contributed by atoms with E-state index in [4.69, 9.17) is 0 Å². The van der Waals surface area contributed by atoms with Gasteiger partial charge in [0.25, 0.3) is 0 Å². The molecule has 2 aliphatic rings. The van der Waals surface area contributed by atoms with Crippen LogP contribution in [0, 0.1) is 5.92 Å². The fourth-order valence-electron chi connectivity index (χ4n) is 4.11. The number of nitrogens with one attached hydrogen (secondary N) is 2. The number of benzene rings is 1. The second kappa shape index (κ2) is 9.61. The lowest BCUT2D eigenvalue weighted by Gasteiger charge is -2.26. The number of carbonyl (C=O) groups excluding carboxylic acids is 1. The van der Waals surface area contributed by atoms with Gasteiger partial charge in [-0.05, 0) is 37.0 Å². The summed E-state index contributed by atoms with van der Waals surface area (Å²) in [4.78, 5) is 19.3. The largest absolute Gasteiger partial charge is 0.352 e. The Morgan fingerprint density at radius 2 is 1.83 bits per heavy atom. The van der Waals surface area contributed by atoms with Gasteiger partial charge in [0.1, 0.15) is 0 Å². The van der Waals surface area contributed by atoms with Gasteiger partial charge in [-0.3, -0.25) is 9.79 Å². The van der Waals surface area contributed by atoms with E-state index in [1.807, 2.05) is 4.90 Å². The number of hydrogen-bond acceptors (Lipinski definition) is 4. The lowest BCUT2D eigenvalue weighted by Crippen LogP contribution is -2.45. The summed E-state index contributed by atoms with van der Waals surface area (Å²) in [7, 11) is -1.46. The molecule has 3 rings (SSSR count). The smallest absolute Gasteiger partial charge is 0.225 e. The van der Waals surface area contributed by atoms with Crippen LogP contribution in [0.25, 0.3) is 0 Å². The Labute approximate surface area is 173 Å². The van der Waals surface area contributed by atoms with E-state index in [0.29, 0.717) is 23.3 Å². The predicted octanol–water partition coefficient (Wildman–Crippen LogP) is 1.94. The van der Waals surface area contributed by atoms with E-state index in [-0.39, 0.29) is 12.0 Å². The molecule has 160 valence electrons. The van der Waals surface area contributed by atoms with Gasteiger partial charge < -0.3 is 15.5 Å². The summed E-state index contributed by atoms with van der Waals surface area (Å²) in [6, 6.07) is 7.04. The second-order valence-corrected chi connectivity index (χ2v) is 10.1. The Morgan fingerprint density at radius 1 is 1.14 bits per heavy atom. The topological polar surface area (TPSA) is 90.9 Å². The van der Waals surface area contributed by atoms with Crippen molar-refractivity contribution in [3.05, 3.63) is 29.8 Å². The highest BCUT2D eigenvalue weighted by Crippen LogP contribution is 2.26. The maximum atomic E-state index is 12.7. The van der Waals surface area contributed by atoms with Crippen LogP contribution >= 0.6 is 0 Å². The standard InChI is InChI=1S/C21H32N4O3S/c1-22-21(23-14-16-8-10-19(11-9-16)29(2,27)28)24-18-12-13-25(15-18)20(26)17-6-4-3-5-7-17/h8-11,17-18H,3-7,12-15H2,1-2H3,(H2,22,23,24). The molecule has 1 aromatic rings. The third kappa shape index (κ3) is 5.95. The molecule has 1 atom stereocenters. The minimum atomic E-state index is -3.18. The molecular weight excluding hydrogens is 388 g/mol. The van der Waals surface area contributed by atoms with Crippen LogP contribution in [0.1, 0.15) is 44.1 Å². The average Bonchev–Trinajstić information content (AvgIpc) is 3.19. The molecule has 8 heteroatoms. The van der Waals surface area contributed by atoms with E-state index in [0.717, 1.165) is 37.9 Å². The molecule has 0 spiro atoms. The number of sulfone groups is 1. The minimum absolute atomic E-state index is 0.196. The van der Waals surface area contributed by atoms with Crippen molar-refractivity contribution in [3.8, 4) is 0 Å². The Morgan fingerprint density at radius 3 is 2.45 bits per heavy atom. The van der Waals surface area contributed by atoms with Crippen molar-refractivity contribution in [1.29, 1.82) is 0 Å². The number of amides is 1. The van der Waals surface area contributed by atoms with Crippen LogP contribution < -0.4 is 10.6 Å². The highest BCUT2D eigenvalue weighted by atomic mass is 32.2. The summed E-state index contributed by atoms with van der Waals surface area (Å²) in [5.41, 5.74) is 0.973. The van der Waals surface area contributed by atoms with Crippen LogP contribution in [0.5, 0.6) is 0 Å². The van der Waals surface area contributed by atoms with E-state index >= 15 is 0 Å². The quantitative estimate of drug-likeness (QED) is 0.561. The van der Waals surface area contributed by atoms with E-state index in [1.54, 1.807) is 31.3 Å². The van der Waals surface area contributed by atoms with Crippen LogP contribution in [0.2, 0.25) is 0 Å². The van der Waals surface area contributed by atoms with Crippen LogP contribution in [0.3, 0.4) is 0 Å². The Balaban J connectivity index is 1.47. The van der Waals surface area contributed by atoms with Gasteiger partial charge in [0, 0.05) is 44.9 Å². The number of hydrogen-bond donors (Lipinski definition) is 2. The van der Waals surface area contributed by atoms with Gasteiger partial charge in [0.15, 0.2) is 15.8 Å². The first kappa shape index (κ1) is 21.6. The minimum Gasteiger partial charge on any atom is -0.352 e. The highest BCUT2D eigenvalue weighted by Gasteiger charge is 2.31. The summed E-state index contributed by atoms with van der Waals surface area (Å²) in [5, 5.41) is 6.67. The van der Waals surface area contributed by atoms with Crippen LogP contribution in [-0.2, 0) is 21.2 Å². The van der Waals surface area contributed by atoms with Gasteiger partial charge in [-0.2, -0.15) is 0 Å². The zero-order chi connectivity index (χ0) is 20.9. The molecule has 1 saturated carbocycles. The first-order valence-corrected chi connectivity index (χ1v) is 12.3. The normalized spacial score (nSPS) is 21.2. The number of aliphatic imine (C=N–C) groups is 1.